The molecule has 0 unspecified atom stereocenters. The highest BCUT2D eigenvalue weighted by Gasteiger charge is 2.02. The summed E-state index contributed by atoms with van der Waals surface area (Å²) in [7, 11) is 0. The van der Waals surface area contributed by atoms with Crippen molar-refractivity contribution in [3.05, 3.63) is 78.4 Å². The molecule has 0 amide bonds. The van der Waals surface area contributed by atoms with Crippen molar-refractivity contribution >= 4 is 10.8 Å². The summed E-state index contributed by atoms with van der Waals surface area (Å²) in [6.07, 6.45) is 0. The van der Waals surface area contributed by atoms with Crippen LogP contribution in [-0.2, 0) is 16.5 Å². The molecular formula is C17H14O3. The third-order valence-electron chi connectivity index (χ3n) is 2.99. The third kappa shape index (κ3) is 2.96. The summed E-state index contributed by atoms with van der Waals surface area (Å²) in [5.74, 6) is 0.635. The van der Waals surface area contributed by atoms with Crippen LogP contribution in [0.3, 0.4) is 0 Å². The molecule has 100 valence electrons. The van der Waals surface area contributed by atoms with E-state index in [0.29, 0.717) is 12.4 Å². The van der Waals surface area contributed by atoms with E-state index in [1.165, 1.54) is 0 Å². The summed E-state index contributed by atoms with van der Waals surface area (Å²) in [4.78, 5) is 10.3. The molecule has 3 aromatic rings. The summed E-state index contributed by atoms with van der Waals surface area (Å²) < 4.78 is 0. The normalized spacial score (nSPS) is 10.6. The van der Waals surface area contributed by atoms with Crippen molar-refractivity contribution in [1.82, 2.24) is 0 Å². The van der Waals surface area contributed by atoms with Crippen LogP contribution in [0.5, 0.6) is 5.75 Å². The van der Waals surface area contributed by atoms with Gasteiger partial charge in [-0.3, -0.25) is 0 Å². The average Bonchev–Trinajstić information content (AvgIpc) is 2.53. The molecule has 0 aliphatic rings. The molecule has 3 rings (SSSR count). The quantitative estimate of drug-likeness (QED) is 0.392. The standard InChI is InChI=1S/C17H14O3/c1-2-7-14(8-3-1)13-18-20-19-17-12-6-10-15-9-4-5-11-16(15)17/h1-12H,13H2. The zero-order chi connectivity index (χ0) is 13.6. The molecule has 0 heterocycles. The number of benzene rings is 3. The molecule has 3 nitrogen and oxygen atoms in total. The van der Waals surface area contributed by atoms with Crippen LogP contribution in [0.2, 0.25) is 0 Å². The molecular weight excluding hydrogens is 252 g/mol. The van der Waals surface area contributed by atoms with E-state index in [9.17, 15) is 0 Å². The predicted octanol–water partition coefficient (Wildman–Crippen LogP) is 4.28. The van der Waals surface area contributed by atoms with Crippen molar-refractivity contribution in [2.45, 2.75) is 6.61 Å². The molecule has 0 N–H and O–H groups in total. The first-order valence-electron chi connectivity index (χ1n) is 6.41. The Bertz CT molecular complexity index is 675. The van der Waals surface area contributed by atoms with Crippen molar-refractivity contribution in [3.63, 3.8) is 0 Å². The van der Waals surface area contributed by atoms with Crippen LogP contribution in [0, 0.1) is 0 Å². The van der Waals surface area contributed by atoms with E-state index in [0.717, 1.165) is 16.3 Å². The Kier molecular flexibility index (Phi) is 3.92. The van der Waals surface area contributed by atoms with E-state index in [2.05, 4.69) is 0 Å². The van der Waals surface area contributed by atoms with Gasteiger partial charge in [-0.2, -0.15) is 4.89 Å². The summed E-state index contributed by atoms with van der Waals surface area (Å²) in [5.41, 5.74) is 1.02. The maximum atomic E-state index is 5.22. The Morgan fingerprint density at radius 1 is 0.700 bits per heavy atom. The zero-order valence-corrected chi connectivity index (χ0v) is 10.9. The van der Waals surface area contributed by atoms with Crippen LogP contribution >= 0.6 is 0 Å². The van der Waals surface area contributed by atoms with Crippen molar-refractivity contribution in [2.24, 2.45) is 0 Å². The molecule has 0 bridgehead atoms. The van der Waals surface area contributed by atoms with Crippen LogP contribution in [0.4, 0.5) is 0 Å². The SMILES string of the molecule is c1ccc(COOOc2cccc3ccccc23)cc1. The van der Waals surface area contributed by atoms with E-state index in [1.807, 2.05) is 72.8 Å². The highest BCUT2D eigenvalue weighted by Crippen LogP contribution is 2.25. The maximum Gasteiger partial charge on any atom is 0.176 e. The first-order chi connectivity index (χ1) is 9.93. The summed E-state index contributed by atoms with van der Waals surface area (Å²) >= 11 is 0. The van der Waals surface area contributed by atoms with E-state index in [1.54, 1.807) is 0 Å². The van der Waals surface area contributed by atoms with Crippen molar-refractivity contribution < 1.29 is 14.8 Å². The molecule has 0 spiro atoms. The van der Waals surface area contributed by atoms with E-state index >= 15 is 0 Å². The molecule has 20 heavy (non-hydrogen) atoms. The molecule has 0 saturated heterocycles. The Morgan fingerprint density at radius 2 is 1.45 bits per heavy atom. The van der Waals surface area contributed by atoms with Crippen LogP contribution in [0.25, 0.3) is 10.8 Å². The topological polar surface area (TPSA) is 27.7 Å². The van der Waals surface area contributed by atoms with Gasteiger partial charge in [-0.1, -0.05) is 66.7 Å². The number of hydrogen-bond donors (Lipinski definition) is 0. The number of rotatable bonds is 5. The van der Waals surface area contributed by atoms with Gasteiger partial charge in [0.15, 0.2) is 5.75 Å². The fourth-order valence-electron chi connectivity index (χ4n) is 2.00. The molecule has 0 fully saturated rings. The fourth-order valence-corrected chi connectivity index (χ4v) is 2.00. The Morgan fingerprint density at radius 3 is 2.35 bits per heavy atom. The van der Waals surface area contributed by atoms with Crippen LogP contribution in [0.15, 0.2) is 72.8 Å². The minimum atomic E-state index is 0.339. The van der Waals surface area contributed by atoms with Crippen LogP contribution in [0.1, 0.15) is 5.56 Å². The third-order valence-corrected chi connectivity index (χ3v) is 2.99. The fraction of sp³-hybridized carbons (Fsp3) is 0.0588. The lowest BCUT2D eigenvalue weighted by atomic mass is 10.1. The summed E-state index contributed by atoms with van der Waals surface area (Å²) in [6, 6.07) is 23.5. The average molecular weight is 266 g/mol. The van der Waals surface area contributed by atoms with E-state index < -0.39 is 0 Å². The maximum absolute atomic E-state index is 5.22. The lowest BCUT2D eigenvalue weighted by Gasteiger charge is -2.06. The van der Waals surface area contributed by atoms with E-state index in [4.69, 9.17) is 14.8 Å². The summed E-state index contributed by atoms with van der Waals surface area (Å²) in [6.45, 7) is 0.339. The lowest BCUT2D eigenvalue weighted by molar-refractivity contribution is -0.471. The predicted molar refractivity (Wildman–Crippen MR) is 76.9 cm³/mol. The lowest BCUT2D eigenvalue weighted by Crippen LogP contribution is -2.00. The van der Waals surface area contributed by atoms with Crippen molar-refractivity contribution in [3.8, 4) is 5.75 Å². The van der Waals surface area contributed by atoms with Crippen molar-refractivity contribution in [2.75, 3.05) is 0 Å². The van der Waals surface area contributed by atoms with E-state index in [-0.39, 0.29) is 0 Å². The van der Waals surface area contributed by atoms with Gasteiger partial charge < -0.3 is 4.89 Å². The van der Waals surface area contributed by atoms with Gasteiger partial charge >= 0.3 is 0 Å². The van der Waals surface area contributed by atoms with Gasteiger partial charge in [-0.15, -0.1) is 0 Å². The minimum absolute atomic E-state index is 0.339. The second-order valence-electron chi connectivity index (χ2n) is 4.38. The monoisotopic (exact) mass is 266 g/mol. The Balaban J connectivity index is 1.60. The smallest absolute Gasteiger partial charge is 0.176 e. The van der Waals surface area contributed by atoms with Gasteiger partial charge in [-0.05, 0) is 22.1 Å². The Hall–Kier alpha value is -2.36. The van der Waals surface area contributed by atoms with Crippen LogP contribution < -0.4 is 4.89 Å². The molecule has 0 atom stereocenters. The van der Waals surface area contributed by atoms with Gasteiger partial charge in [0.25, 0.3) is 0 Å². The molecule has 0 aliphatic heterocycles. The first-order valence-corrected chi connectivity index (χ1v) is 6.41. The van der Waals surface area contributed by atoms with Gasteiger partial charge in [0.05, 0.1) is 0 Å². The zero-order valence-electron chi connectivity index (χ0n) is 10.9. The second-order valence-corrected chi connectivity index (χ2v) is 4.38. The van der Waals surface area contributed by atoms with Crippen molar-refractivity contribution in [1.29, 1.82) is 0 Å². The van der Waals surface area contributed by atoms with Gasteiger partial charge in [0.2, 0.25) is 0 Å². The molecule has 3 heteroatoms. The molecule has 0 saturated carbocycles. The number of hydrogen-bond acceptors (Lipinski definition) is 3. The largest absolute Gasteiger partial charge is 0.308 e. The first kappa shape index (κ1) is 12.7. The molecule has 0 radical (unpaired) electrons. The highest BCUT2D eigenvalue weighted by molar-refractivity contribution is 5.88. The molecule has 0 aliphatic carbocycles. The van der Waals surface area contributed by atoms with Gasteiger partial charge in [-0.25, -0.2) is 0 Å². The van der Waals surface area contributed by atoms with Gasteiger partial charge in [0, 0.05) is 5.39 Å². The molecule has 0 aromatic heterocycles. The van der Waals surface area contributed by atoms with Gasteiger partial charge in [0.1, 0.15) is 6.61 Å². The summed E-state index contributed by atoms with van der Waals surface area (Å²) in [5, 5.41) is 6.91. The molecule has 3 aromatic carbocycles. The Labute approximate surface area is 117 Å². The number of fused-ring (bicyclic) bond motifs is 1. The van der Waals surface area contributed by atoms with Crippen LogP contribution in [-0.4, -0.2) is 0 Å². The minimum Gasteiger partial charge on any atom is -0.308 e. The highest BCUT2D eigenvalue weighted by atomic mass is 17.5. The second kappa shape index (κ2) is 6.19.